The van der Waals surface area contributed by atoms with E-state index in [2.05, 4.69) is 33.4 Å². The fourth-order valence-corrected chi connectivity index (χ4v) is 8.32. The van der Waals surface area contributed by atoms with Crippen LogP contribution in [0.4, 0.5) is 10.5 Å². The van der Waals surface area contributed by atoms with Gasteiger partial charge < -0.3 is 9.47 Å². The zero-order chi connectivity index (χ0) is 28.2. The van der Waals surface area contributed by atoms with Crippen LogP contribution in [0, 0.1) is 17.8 Å². The van der Waals surface area contributed by atoms with Gasteiger partial charge in [-0.1, -0.05) is 12.1 Å². The maximum atomic E-state index is 13.6. The van der Waals surface area contributed by atoms with Gasteiger partial charge in [0.05, 0.1) is 22.9 Å². The molecule has 40 heavy (non-hydrogen) atoms. The molecule has 0 atom stereocenters. The number of anilines is 1. The van der Waals surface area contributed by atoms with Crippen molar-refractivity contribution in [1.82, 2.24) is 5.32 Å². The lowest BCUT2D eigenvalue weighted by Gasteiger charge is -2.57. The van der Waals surface area contributed by atoms with Crippen LogP contribution in [-0.4, -0.2) is 30.6 Å². The molecular formula is C32H35BrN2O5. The fourth-order valence-electron chi connectivity index (χ4n) is 7.77. The maximum absolute atomic E-state index is 13.6. The predicted octanol–water partition coefficient (Wildman–Crippen LogP) is 6.77. The maximum Gasteiger partial charge on any atom is 0.335 e. The Morgan fingerprint density at radius 1 is 1.02 bits per heavy atom. The number of carbonyl (C=O) groups is 3. The summed E-state index contributed by atoms with van der Waals surface area (Å²) in [6.07, 6.45) is 9.25. The number of imide groups is 2. The summed E-state index contributed by atoms with van der Waals surface area (Å²) in [4.78, 5) is 40.3. The Bertz CT molecular complexity index is 1360. The third-order valence-electron chi connectivity index (χ3n) is 8.87. The molecule has 2 aromatic carbocycles. The average Bonchev–Trinajstić information content (AvgIpc) is 2.88. The molecule has 0 spiro atoms. The van der Waals surface area contributed by atoms with E-state index in [0.29, 0.717) is 33.8 Å². The fraction of sp³-hybridized carbons (Fsp3) is 0.469. The number of hydrogen-bond acceptors (Lipinski definition) is 5. The Balaban J connectivity index is 1.29. The molecule has 1 saturated heterocycles. The number of carbonyl (C=O) groups excluding carboxylic acids is 3. The zero-order valence-electron chi connectivity index (χ0n) is 23.2. The van der Waals surface area contributed by atoms with Crippen LogP contribution in [0.3, 0.4) is 0 Å². The second kappa shape index (κ2) is 10.4. The molecule has 7 nitrogen and oxygen atoms in total. The first-order chi connectivity index (χ1) is 19.2. The van der Waals surface area contributed by atoms with E-state index in [1.807, 2.05) is 32.9 Å². The minimum absolute atomic E-state index is 0.0701. The molecule has 2 aromatic rings. The van der Waals surface area contributed by atoms with Gasteiger partial charge in [-0.25, -0.2) is 9.69 Å². The first-order valence-electron chi connectivity index (χ1n) is 14.3. The van der Waals surface area contributed by atoms with Crippen LogP contribution < -0.4 is 19.7 Å². The number of barbiturate groups is 1. The smallest absolute Gasteiger partial charge is 0.335 e. The number of amides is 4. The lowest BCUT2D eigenvalue weighted by Crippen LogP contribution is -2.54. The van der Waals surface area contributed by atoms with E-state index in [0.717, 1.165) is 22.7 Å². The zero-order valence-corrected chi connectivity index (χ0v) is 24.8. The van der Waals surface area contributed by atoms with E-state index in [1.54, 1.807) is 12.1 Å². The van der Waals surface area contributed by atoms with E-state index < -0.39 is 17.8 Å². The largest absolute Gasteiger partial charge is 0.490 e. The highest BCUT2D eigenvalue weighted by Crippen LogP contribution is 2.60. The molecule has 1 heterocycles. The van der Waals surface area contributed by atoms with Crippen molar-refractivity contribution in [2.75, 3.05) is 11.5 Å². The van der Waals surface area contributed by atoms with Crippen LogP contribution in [0.5, 0.6) is 11.5 Å². The Hall–Kier alpha value is -3.13. The Kier molecular flexibility index (Phi) is 7.01. The highest BCUT2D eigenvalue weighted by molar-refractivity contribution is 9.10. The van der Waals surface area contributed by atoms with Gasteiger partial charge in [0.15, 0.2) is 11.5 Å². The molecule has 1 aliphatic heterocycles. The lowest BCUT2D eigenvalue weighted by molar-refractivity contribution is -0.122. The van der Waals surface area contributed by atoms with E-state index in [1.165, 1.54) is 50.2 Å². The van der Waals surface area contributed by atoms with Crippen LogP contribution in [0.1, 0.15) is 70.4 Å². The highest BCUT2D eigenvalue weighted by atomic mass is 79.9. The minimum atomic E-state index is -0.744. The Morgan fingerprint density at radius 2 is 1.65 bits per heavy atom. The van der Waals surface area contributed by atoms with E-state index >= 15 is 0 Å². The third-order valence-corrected chi connectivity index (χ3v) is 9.46. The summed E-state index contributed by atoms with van der Waals surface area (Å²) in [6, 6.07) is 10.6. The van der Waals surface area contributed by atoms with E-state index in [4.69, 9.17) is 9.47 Å². The number of hydrogen-bond donors (Lipinski definition) is 1. The summed E-state index contributed by atoms with van der Waals surface area (Å²) in [5, 5.41) is 2.33. The van der Waals surface area contributed by atoms with Crippen LogP contribution in [0.2, 0.25) is 0 Å². The number of nitrogens with zero attached hydrogens (tertiary/aromatic N) is 1. The van der Waals surface area contributed by atoms with Crippen LogP contribution >= 0.6 is 15.9 Å². The van der Waals surface area contributed by atoms with Crippen molar-refractivity contribution in [3.63, 3.8) is 0 Å². The average molecular weight is 608 g/mol. The molecule has 4 saturated carbocycles. The van der Waals surface area contributed by atoms with Gasteiger partial charge in [0.1, 0.15) is 5.57 Å². The molecule has 5 fully saturated rings. The number of benzene rings is 2. The van der Waals surface area contributed by atoms with Crippen molar-refractivity contribution < 1.29 is 23.9 Å². The summed E-state index contributed by atoms with van der Waals surface area (Å²) in [6.45, 7) is 6.13. The van der Waals surface area contributed by atoms with Gasteiger partial charge in [0.25, 0.3) is 11.8 Å². The SMILES string of the molecule is CCOc1cc(/C=C2\C(=O)NC(=O)N(c3ccc(C45CC6CC(CC(C6)C4)C5)cc3)C2=O)cc(Br)c1OC(C)C. The highest BCUT2D eigenvalue weighted by Gasteiger charge is 2.51. The predicted molar refractivity (Wildman–Crippen MR) is 156 cm³/mol. The second-order valence-corrected chi connectivity index (χ2v) is 13.0. The van der Waals surface area contributed by atoms with Crippen LogP contribution in [-0.2, 0) is 15.0 Å². The van der Waals surface area contributed by atoms with Gasteiger partial charge in [-0.3, -0.25) is 14.9 Å². The quantitative estimate of drug-likeness (QED) is 0.278. The van der Waals surface area contributed by atoms with Crippen LogP contribution in [0.15, 0.2) is 46.4 Å². The monoisotopic (exact) mass is 606 g/mol. The number of rotatable bonds is 7. The molecule has 0 radical (unpaired) electrons. The molecule has 7 rings (SSSR count). The minimum Gasteiger partial charge on any atom is -0.490 e. The number of nitrogens with one attached hydrogen (secondary N) is 1. The van der Waals surface area contributed by atoms with Gasteiger partial charge >= 0.3 is 6.03 Å². The molecule has 210 valence electrons. The van der Waals surface area contributed by atoms with E-state index in [9.17, 15) is 14.4 Å². The first-order valence-corrected chi connectivity index (χ1v) is 15.1. The van der Waals surface area contributed by atoms with Gasteiger partial charge in [-0.2, -0.15) is 0 Å². The Morgan fingerprint density at radius 3 is 2.23 bits per heavy atom. The molecular weight excluding hydrogens is 572 g/mol. The molecule has 4 bridgehead atoms. The topological polar surface area (TPSA) is 84.9 Å². The molecule has 4 aliphatic carbocycles. The molecule has 8 heteroatoms. The normalized spacial score (nSPS) is 28.4. The summed E-state index contributed by atoms with van der Waals surface area (Å²) in [7, 11) is 0. The van der Waals surface area contributed by atoms with Crippen molar-refractivity contribution in [2.45, 2.75) is 70.8 Å². The van der Waals surface area contributed by atoms with Crippen molar-refractivity contribution in [1.29, 1.82) is 0 Å². The second-order valence-electron chi connectivity index (χ2n) is 12.1. The Labute approximate surface area is 243 Å². The van der Waals surface area contributed by atoms with Gasteiger partial charge in [0.2, 0.25) is 0 Å². The van der Waals surface area contributed by atoms with Gasteiger partial charge in [-0.15, -0.1) is 0 Å². The summed E-state index contributed by atoms with van der Waals surface area (Å²) < 4.78 is 12.3. The van der Waals surface area contributed by atoms with Crippen molar-refractivity contribution in [2.24, 2.45) is 17.8 Å². The number of ether oxygens (including phenoxy) is 2. The van der Waals surface area contributed by atoms with Gasteiger partial charge in [-0.05, 0) is 140 Å². The van der Waals surface area contributed by atoms with E-state index in [-0.39, 0.29) is 17.1 Å². The lowest BCUT2D eigenvalue weighted by atomic mass is 9.48. The number of halogens is 1. The molecule has 0 unspecified atom stereocenters. The summed E-state index contributed by atoms with van der Waals surface area (Å²) in [5.41, 5.74) is 2.42. The summed E-state index contributed by atoms with van der Waals surface area (Å²) >= 11 is 3.53. The van der Waals surface area contributed by atoms with Gasteiger partial charge in [0, 0.05) is 0 Å². The molecule has 5 aliphatic rings. The molecule has 1 N–H and O–H groups in total. The summed E-state index contributed by atoms with van der Waals surface area (Å²) in [5.74, 6) is 2.14. The molecule has 0 aromatic heterocycles. The third kappa shape index (κ3) is 4.84. The molecule has 4 amide bonds. The van der Waals surface area contributed by atoms with Crippen molar-refractivity contribution >= 4 is 45.5 Å². The first kappa shape index (κ1) is 27.1. The number of urea groups is 1. The standard InChI is InChI=1S/C32H35BrN2O5/c1-4-39-27-14-19(13-26(33)28(27)40-18(2)3)12-25-29(36)34-31(38)35(30(25)37)24-7-5-23(6-8-24)32-15-20-9-21(16-32)11-22(10-20)17-32/h5-8,12-14,18,20-22H,4,9-11,15-17H2,1-3H3,(H,34,36,38)/b25-12+. The van der Waals surface area contributed by atoms with Crippen molar-refractivity contribution in [3.05, 3.63) is 57.6 Å². The van der Waals surface area contributed by atoms with Crippen LogP contribution in [0.25, 0.3) is 6.08 Å². The van der Waals surface area contributed by atoms with Crippen molar-refractivity contribution in [3.8, 4) is 11.5 Å².